The van der Waals surface area contributed by atoms with Crippen LogP contribution in [-0.4, -0.2) is 20.6 Å². The van der Waals surface area contributed by atoms with Gasteiger partial charge in [-0.25, -0.2) is 4.98 Å². The number of hydrogen-bond donors (Lipinski definition) is 1. The Balaban J connectivity index is 1.90. The number of nitrogens with zero attached hydrogens (tertiary/aromatic N) is 2. The minimum absolute atomic E-state index is 0.246. The van der Waals surface area contributed by atoms with Crippen molar-refractivity contribution in [3.05, 3.63) is 61.5 Å². The minimum Gasteiger partial charge on any atom is -0.480 e. The van der Waals surface area contributed by atoms with Crippen LogP contribution in [-0.2, 0) is 30.6 Å². The van der Waals surface area contributed by atoms with E-state index in [-0.39, 0.29) is 12.1 Å². The van der Waals surface area contributed by atoms with E-state index in [1.54, 1.807) is 23.5 Å². The first-order chi connectivity index (χ1) is 12.0. The van der Waals surface area contributed by atoms with Gasteiger partial charge in [-0.2, -0.15) is 0 Å². The van der Waals surface area contributed by atoms with Gasteiger partial charge in [-0.3, -0.25) is 14.2 Å². The number of carboxylic acids is 1. The predicted molar refractivity (Wildman–Crippen MR) is 97.8 cm³/mol. The molecule has 7 heteroatoms. The Morgan fingerprint density at radius 3 is 2.96 bits per heavy atom. The first kappa shape index (κ1) is 16.3. The van der Waals surface area contributed by atoms with E-state index in [4.69, 9.17) is 11.6 Å². The highest BCUT2D eigenvalue weighted by atomic mass is 35.5. The van der Waals surface area contributed by atoms with Crippen molar-refractivity contribution in [3.63, 3.8) is 0 Å². The maximum atomic E-state index is 13.0. The van der Waals surface area contributed by atoms with Crippen LogP contribution < -0.4 is 5.56 Å². The summed E-state index contributed by atoms with van der Waals surface area (Å²) in [6, 6.07) is 7.30. The van der Waals surface area contributed by atoms with Crippen molar-refractivity contribution >= 4 is 39.1 Å². The van der Waals surface area contributed by atoms with Gasteiger partial charge in [0.05, 0.1) is 5.39 Å². The zero-order valence-electron chi connectivity index (χ0n) is 13.3. The Labute approximate surface area is 152 Å². The largest absolute Gasteiger partial charge is 0.480 e. The maximum Gasteiger partial charge on any atom is 0.323 e. The maximum absolute atomic E-state index is 13.0. The summed E-state index contributed by atoms with van der Waals surface area (Å²) in [6.07, 6.45) is 3.24. The van der Waals surface area contributed by atoms with Crippen molar-refractivity contribution in [1.29, 1.82) is 0 Å². The monoisotopic (exact) mass is 374 g/mol. The van der Waals surface area contributed by atoms with Gasteiger partial charge in [-0.15, -0.1) is 11.3 Å². The van der Waals surface area contributed by atoms with Crippen molar-refractivity contribution in [1.82, 2.24) is 9.55 Å². The van der Waals surface area contributed by atoms with Crippen LogP contribution in [0.25, 0.3) is 10.2 Å². The van der Waals surface area contributed by atoms with E-state index in [2.05, 4.69) is 4.98 Å². The molecule has 0 radical (unpaired) electrons. The molecule has 1 N–H and O–H groups in total. The van der Waals surface area contributed by atoms with Crippen LogP contribution in [0.5, 0.6) is 0 Å². The molecule has 1 aromatic carbocycles. The molecule has 2 heterocycles. The second-order valence-corrected chi connectivity index (χ2v) is 7.68. The average Bonchev–Trinajstić information content (AvgIpc) is 3.11. The molecule has 0 aliphatic heterocycles. The van der Waals surface area contributed by atoms with Crippen molar-refractivity contribution in [2.75, 3.05) is 0 Å². The topological polar surface area (TPSA) is 72.2 Å². The molecule has 0 spiro atoms. The van der Waals surface area contributed by atoms with Crippen LogP contribution in [0.4, 0.5) is 0 Å². The molecule has 0 atom stereocenters. The summed E-state index contributed by atoms with van der Waals surface area (Å²) in [6.45, 7) is -0.387. The van der Waals surface area contributed by atoms with E-state index in [9.17, 15) is 14.7 Å². The van der Waals surface area contributed by atoms with Crippen LogP contribution >= 0.6 is 22.9 Å². The molecule has 128 valence electrons. The molecule has 1 aliphatic rings. The number of aliphatic carboxylic acids is 1. The fraction of sp³-hybridized carbons (Fsp3) is 0.278. The first-order valence-corrected chi connectivity index (χ1v) is 9.22. The van der Waals surface area contributed by atoms with Crippen LogP contribution in [0.15, 0.2) is 29.1 Å². The number of fused-ring (bicyclic) bond motifs is 3. The quantitative estimate of drug-likeness (QED) is 0.760. The number of hydrogen-bond acceptors (Lipinski definition) is 4. The Morgan fingerprint density at radius 1 is 1.36 bits per heavy atom. The van der Waals surface area contributed by atoms with E-state index in [0.717, 1.165) is 30.4 Å². The molecule has 0 saturated carbocycles. The zero-order chi connectivity index (χ0) is 17.6. The summed E-state index contributed by atoms with van der Waals surface area (Å²) in [5.74, 6) is -0.593. The van der Waals surface area contributed by atoms with E-state index in [0.29, 0.717) is 27.5 Å². The highest BCUT2D eigenvalue weighted by Crippen LogP contribution is 2.34. The van der Waals surface area contributed by atoms with Gasteiger partial charge in [0.2, 0.25) is 0 Å². The van der Waals surface area contributed by atoms with Gasteiger partial charge in [0.1, 0.15) is 17.2 Å². The summed E-state index contributed by atoms with van der Waals surface area (Å²) >= 11 is 7.59. The Kier molecular flexibility index (Phi) is 4.09. The van der Waals surface area contributed by atoms with Gasteiger partial charge in [0, 0.05) is 16.3 Å². The molecule has 0 bridgehead atoms. The van der Waals surface area contributed by atoms with Gasteiger partial charge >= 0.3 is 5.97 Å². The summed E-state index contributed by atoms with van der Waals surface area (Å²) in [5, 5.41) is 10.4. The molecule has 4 rings (SSSR count). The summed E-state index contributed by atoms with van der Waals surface area (Å²) < 4.78 is 1.29. The SMILES string of the molecule is O=C(O)Cn1c(Cc2cccc(Cl)c2)nc2sc3c(c2c1=O)CCC3. The second-order valence-electron chi connectivity index (χ2n) is 6.16. The predicted octanol–water partition coefficient (Wildman–Crippen LogP) is 3.28. The zero-order valence-corrected chi connectivity index (χ0v) is 14.9. The fourth-order valence-electron chi connectivity index (χ4n) is 3.38. The van der Waals surface area contributed by atoms with Crippen molar-refractivity contribution < 1.29 is 9.90 Å². The molecular weight excluding hydrogens is 360 g/mol. The Hall–Kier alpha value is -2.18. The molecule has 5 nitrogen and oxygen atoms in total. The lowest BCUT2D eigenvalue weighted by atomic mass is 10.1. The van der Waals surface area contributed by atoms with Crippen molar-refractivity contribution in [2.45, 2.75) is 32.2 Å². The van der Waals surface area contributed by atoms with Gasteiger partial charge in [0.15, 0.2) is 0 Å². The number of aromatic nitrogens is 2. The molecule has 0 fully saturated rings. The number of carboxylic acid groups (broad SMARTS) is 1. The Morgan fingerprint density at radius 2 is 2.20 bits per heavy atom. The third-order valence-electron chi connectivity index (χ3n) is 4.45. The first-order valence-electron chi connectivity index (χ1n) is 8.03. The highest BCUT2D eigenvalue weighted by Gasteiger charge is 2.23. The summed E-state index contributed by atoms with van der Waals surface area (Å²) in [5.41, 5.74) is 1.71. The molecular formula is C18H15ClN2O3S. The molecule has 0 amide bonds. The number of rotatable bonds is 4. The lowest BCUT2D eigenvalue weighted by Crippen LogP contribution is -2.28. The van der Waals surface area contributed by atoms with E-state index in [1.807, 2.05) is 12.1 Å². The fourth-order valence-corrected chi connectivity index (χ4v) is 4.87. The smallest absolute Gasteiger partial charge is 0.323 e. The third kappa shape index (κ3) is 2.96. The standard InChI is InChI=1S/C18H15ClN2O3S/c19-11-4-1-3-10(7-11)8-14-20-17-16(12-5-2-6-13(12)25-17)18(24)21(14)9-15(22)23/h1,3-4,7H,2,5-6,8-9H2,(H,22,23). The van der Waals surface area contributed by atoms with Crippen LogP contribution in [0.1, 0.15) is 28.2 Å². The summed E-state index contributed by atoms with van der Waals surface area (Å²) in [7, 11) is 0. The molecule has 1 aliphatic carbocycles. The number of aryl methyl sites for hydroxylation is 2. The number of carbonyl (C=O) groups is 1. The van der Waals surface area contributed by atoms with Crippen LogP contribution in [0, 0.1) is 0 Å². The number of thiophene rings is 1. The lowest BCUT2D eigenvalue weighted by molar-refractivity contribution is -0.137. The molecule has 2 aromatic heterocycles. The van der Waals surface area contributed by atoms with Gasteiger partial charge < -0.3 is 5.11 Å². The lowest BCUT2D eigenvalue weighted by Gasteiger charge is -2.11. The van der Waals surface area contributed by atoms with Gasteiger partial charge in [-0.1, -0.05) is 23.7 Å². The van der Waals surface area contributed by atoms with Crippen LogP contribution in [0.3, 0.4) is 0 Å². The van der Waals surface area contributed by atoms with E-state index < -0.39 is 5.97 Å². The van der Waals surface area contributed by atoms with Gasteiger partial charge in [0.25, 0.3) is 5.56 Å². The normalized spacial score (nSPS) is 13.3. The number of benzene rings is 1. The Bertz CT molecular complexity index is 1050. The second kappa shape index (κ2) is 6.28. The highest BCUT2D eigenvalue weighted by molar-refractivity contribution is 7.18. The third-order valence-corrected chi connectivity index (χ3v) is 5.87. The molecule has 25 heavy (non-hydrogen) atoms. The number of halogens is 1. The van der Waals surface area contributed by atoms with E-state index >= 15 is 0 Å². The minimum atomic E-state index is -1.05. The molecule has 0 unspecified atom stereocenters. The van der Waals surface area contributed by atoms with Crippen LogP contribution in [0.2, 0.25) is 5.02 Å². The van der Waals surface area contributed by atoms with Gasteiger partial charge in [-0.05, 0) is 42.5 Å². The van der Waals surface area contributed by atoms with Crippen molar-refractivity contribution in [2.24, 2.45) is 0 Å². The van der Waals surface area contributed by atoms with E-state index in [1.165, 1.54) is 9.44 Å². The average molecular weight is 375 g/mol. The molecule has 3 aromatic rings. The molecule has 0 saturated heterocycles. The van der Waals surface area contributed by atoms with Crippen molar-refractivity contribution in [3.8, 4) is 0 Å². The summed E-state index contributed by atoms with van der Waals surface area (Å²) in [4.78, 5) is 30.9.